The van der Waals surface area contributed by atoms with Crippen molar-refractivity contribution in [2.24, 2.45) is 0 Å². The fourth-order valence-electron chi connectivity index (χ4n) is 1.02. The molecule has 0 aromatic heterocycles. The molecule has 0 unspecified atom stereocenters. The van der Waals surface area contributed by atoms with Crippen molar-refractivity contribution < 1.29 is 0 Å². The van der Waals surface area contributed by atoms with Gasteiger partial charge in [0.25, 0.3) is 0 Å². The molecule has 0 N–H and O–H groups in total. The molecule has 0 aliphatic rings. The van der Waals surface area contributed by atoms with E-state index in [2.05, 4.69) is 38.1 Å². The standard InChI is InChI=1S/C8H10.C6H6.CH4/c1-7-3-5-8(2)6-4-7;1-2-4-6-5-3-1;/h3-6H,1-2H3;1-6H;1H4. The monoisotopic (exact) mass is 200 g/mol. The van der Waals surface area contributed by atoms with Crippen LogP contribution in [0.4, 0.5) is 0 Å². The van der Waals surface area contributed by atoms with Crippen molar-refractivity contribution in [3.63, 3.8) is 0 Å². The largest absolute Gasteiger partial charge is 0.0776 e. The SMILES string of the molecule is C.Cc1ccc(C)cc1.c1ccccc1. The Labute approximate surface area is 93.6 Å². The van der Waals surface area contributed by atoms with E-state index in [4.69, 9.17) is 0 Å². The highest BCUT2D eigenvalue weighted by atomic mass is 13.9. The van der Waals surface area contributed by atoms with Gasteiger partial charge in [0.2, 0.25) is 0 Å². The molecule has 0 aliphatic heterocycles. The molecule has 0 radical (unpaired) electrons. The summed E-state index contributed by atoms with van der Waals surface area (Å²) in [6, 6.07) is 20.5. The Morgan fingerprint density at radius 3 is 0.933 bits per heavy atom. The van der Waals surface area contributed by atoms with Gasteiger partial charge >= 0.3 is 0 Å². The van der Waals surface area contributed by atoms with Crippen LogP contribution in [0.2, 0.25) is 0 Å². The van der Waals surface area contributed by atoms with Crippen LogP contribution in [0.25, 0.3) is 0 Å². The lowest BCUT2D eigenvalue weighted by Gasteiger charge is -1.90. The van der Waals surface area contributed by atoms with Gasteiger partial charge in [-0.05, 0) is 13.8 Å². The number of rotatable bonds is 0. The first-order valence-electron chi connectivity index (χ1n) is 4.82. The molecule has 0 aliphatic carbocycles. The molecule has 0 amide bonds. The zero-order valence-corrected chi connectivity index (χ0v) is 8.77. The van der Waals surface area contributed by atoms with Crippen molar-refractivity contribution in [1.82, 2.24) is 0 Å². The molecule has 0 heterocycles. The third-order valence-electron chi connectivity index (χ3n) is 1.88. The Hall–Kier alpha value is -1.56. The first-order chi connectivity index (χ1) is 6.79. The Morgan fingerprint density at radius 2 is 0.733 bits per heavy atom. The maximum absolute atomic E-state index is 2.12. The van der Waals surface area contributed by atoms with Gasteiger partial charge < -0.3 is 0 Å². The second-order valence-electron chi connectivity index (χ2n) is 3.31. The first-order valence-corrected chi connectivity index (χ1v) is 4.82. The van der Waals surface area contributed by atoms with Gasteiger partial charge in [0.15, 0.2) is 0 Å². The minimum absolute atomic E-state index is 0. The van der Waals surface area contributed by atoms with Crippen LogP contribution >= 0.6 is 0 Å². The summed E-state index contributed by atoms with van der Waals surface area (Å²) in [5.74, 6) is 0. The van der Waals surface area contributed by atoms with Crippen molar-refractivity contribution in [2.75, 3.05) is 0 Å². The van der Waals surface area contributed by atoms with Crippen molar-refractivity contribution in [3.05, 3.63) is 71.8 Å². The third-order valence-corrected chi connectivity index (χ3v) is 1.88. The number of hydrogen-bond donors (Lipinski definition) is 0. The van der Waals surface area contributed by atoms with Gasteiger partial charge in [-0.1, -0.05) is 79.2 Å². The van der Waals surface area contributed by atoms with Crippen LogP contribution in [0.15, 0.2) is 60.7 Å². The molecule has 0 saturated carbocycles. The van der Waals surface area contributed by atoms with Crippen LogP contribution in [-0.4, -0.2) is 0 Å². The molecule has 0 atom stereocenters. The fourth-order valence-corrected chi connectivity index (χ4v) is 1.02. The Balaban J connectivity index is 0.000000253. The quantitative estimate of drug-likeness (QED) is 0.582. The normalized spacial score (nSPS) is 8.13. The Kier molecular flexibility index (Phi) is 7.00. The fraction of sp³-hybridized carbons (Fsp3) is 0.200. The molecule has 0 nitrogen and oxygen atoms in total. The summed E-state index contributed by atoms with van der Waals surface area (Å²) in [6.45, 7) is 4.19. The lowest BCUT2D eigenvalue weighted by molar-refractivity contribution is 1.40. The van der Waals surface area contributed by atoms with Gasteiger partial charge in [0, 0.05) is 0 Å². The molecule has 0 bridgehead atoms. The summed E-state index contributed by atoms with van der Waals surface area (Å²) < 4.78 is 0. The average Bonchev–Trinajstić information content (AvgIpc) is 2.26. The van der Waals surface area contributed by atoms with Gasteiger partial charge in [0.05, 0.1) is 0 Å². The molecule has 0 spiro atoms. The van der Waals surface area contributed by atoms with Crippen LogP contribution in [0.3, 0.4) is 0 Å². The highest BCUT2D eigenvalue weighted by Gasteiger charge is 1.79. The predicted octanol–water partition coefficient (Wildman–Crippen LogP) is 4.63. The molecular weight excluding hydrogens is 180 g/mol. The van der Waals surface area contributed by atoms with Crippen molar-refractivity contribution in [1.29, 1.82) is 0 Å². The van der Waals surface area contributed by atoms with Gasteiger partial charge in [-0.25, -0.2) is 0 Å². The summed E-state index contributed by atoms with van der Waals surface area (Å²) in [7, 11) is 0. The highest BCUT2D eigenvalue weighted by molar-refractivity contribution is 5.19. The van der Waals surface area contributed by atoms with E-state index in [9.17, 15) is 0 Å². The van der Waals surface area contributed by atoms with Crippen molar-refractivity contribution in [3.8, 4) is 0 Å². The summed E-state index contributed by atoms with van der Waals surface area (Å²) in [5, 5.41) is 0. The molecule has 15 heavy (non-hydrogen) atoms. The van der Waals surface area contributed by atoms with Gasteiger partial charge in [0.1, 0.15) is 0 Å². The molecule has 0 saturated heterocycles. The van der Waals surface area contributed by atoms with E-state index in [1.807, 2.05) is 36.4 Å². The predicted molar refractivity (Wildman–Crippen MR) is 69.1 cm³/mol. The molecule has 2 aromatic carbocycles. The molecule has 2 aromatic rings. The van der Waals surface area contributed by atoms with Crippen LogP contribution < -0.4 is 0 Å². The molecule has 80 valence electrons. The smallest absolute Gasteiger partial charge is 0.0398 e. The summed E-state index contributed by atoms with van der Waals surface area (Å²) in [6.07, 6.45) is 0. The van der Waals surface area contributed by atoms with Gasteiger partial charge in [-0.2, -0.15) is 0 Å². The maximum atomic E-state index is 2.12. The van der Waals surface area contributed by atoms with Crippen LogP contribution in [0.5, 0.6) is 0 Å². The number of hydrogen-bond acceptors (Lipinski definition) is 0. The zero-order valence-electron chi connectivity index (χ0n) is 8.77. The molecular formula is C15H20. The molecule has 2 rings (SSSR count). The number of benzene rings is 2. The van der Waals surface area contributed by atoms with E-state index >= 15 is 0 Å². The van der Waals surface area contributed by atoms with E-state index in [1.54, 1.807) is 0 Å². The van der Waals surface area contributed by atoms with Crippen molar-refractivity contribution >= 4 is 0 Å². The number of aryl methyl sites for hydroxylation is 2. The first kappa shape index (κ1) is 13.4. The minimum atomic E-state index is 0. The van der Waals surface area contributed by atoms with E-state index < -0.39 is 0 Å². The van der Waals surface area contributed by atoms with E-state index in [0.717, 1.165) is 0 Å². The van der Waals surface area contributed by atoms with Crippen molar-refractivity contribution in [2.45, 2.75) is 21.3 Å². The second kappa shape index (κ2) is 7.81. The summed E-state index contributed by atoms with van der Waals surface area (Å²) >= 11 is 0. The van der Waals surface area contributed by atoms with Crippen LogP contribution in [0.1, 0.15) is 18.6 Å². The molecule has 0 heteroatoms. The highest BCUT2D eigenvalue weighted by Crippen LogP contribution is 1.99. The van der Waals surface area contributed by atoms with Gasteiger partial charge in [-0.15, -0.1) is 0 Å². The van der Waals surface area contributed by atoms with E-state index in [-0.39, 0.29) is 7.43 Å². The van der Waals surface area contributed by atoms with E-state index in [0.29, 0.717) is 0 Å². The van der Waals surface area contributed by atoms with Crippen LogP contribution in [-0.2, 0) is 0 Å². The summed E-state index contributed by atoms with van der Waals surface area (Å²) in [4.78, 5) is 0. The Bertz CT molecular complexity index is 284. The molecule has 0 fully saturated rings. The lowest BCUT2D eigenvalue weighted by Crippen LogP contribution is -1.70. The van der Waals surface area contributed by atoms with Gasteiger partial charge in [-0.3, -0.25) is 0 Å². The van der Waals surface area contributed by atoms with Crippen LogP contribution in [0, 0.1) is 13.8 Å². The zero-order chi connectivity index (χ0) is 10.2. The minimum Gasteiger partial charge on any atom is -0.0776 e. The second-order valence-corrected chi connectivity index (χ2v) is 3.31. The third kappa shape index (κ3) is 6.50. The van der Waals surface area contributed by atoms with E-state index in [1.165, 1.54) is 11.1 Å². The maximum Gasteiger partial charge on any atom is -0.0398 e. The summed E-state index contributed by atoms with van der Waals surface area (Å²) in [5.41, 5.74) is 2.66. The Morgan fingerprint density at radius 1 is 0.533 bits per heavy atom. The lowest BCUT2D eigenvalue weighted by atomic mass is 10.2. The topological polar surface area (TPSA) is 0 Å². The average molecular weight is 200 g/mol.